The number of rotatable bonds is 5. The molecule has 114 valence electrons. The van der Waals surface area contributed by atoms with Crippen LogP contribution in [0.25, 0.3) is 0 Å². The molecule has 1 fully saturated rings. The molecule has 0 aromatic carbocycles. The van der Waals surface area contributed by atoms with Crippen LogP contribution in [0.15, 0.2) is 9.85 Å². The summed E-state index contributed by atoms with van der Waals surface area (Å²) in [6, 6.07) is 2.91. The number of halogens is 1. The van der Waals surface area contributed by atoms with Gasteiger partial charge in [0.15, 0.2) is 0 Å². The minimum atomic E-state index is 0.452. The van der Waals surface area contributed by atoms with Crippen molar-refractivity contribution in [2.24, 2.45) is 11.3 Å². The van der Waals surface area contributed by atoms with Crippen LogP contribution < -0.4 is 5.32 Å². The van der Waals surface area contributed by atoms with Crippen LogP contribution in [0.5, 0.6) is 0 Å². The number of hydrogen-bond acceptors (Lipinski definition) is 2. The lowest BCUT2D eigenvalue weighted by atomic mass is 9.65. The van der Waals surface area contributed by atoms with Gasteiger partial charge in [0, 0.05) is 10.9 Å². The van der Waals surface area contributed by atoms with E-state index in [0.29, 0.717) is 11.5 Å². The molecule has 1 aliphatic carbocycles. The summed E-state index contributed by atoms with van der Waals surface area (Å²) < 4.78 is 1.30. The molecular formula is C17H28BrNS. The van der Waals surface area contributed by atoms with Crippen molar-refractivity contribution in [3.05, 3.63) is 20.3 Å². The van der Waals surface area contributed by atoms with Crippen LogP contribution in [0.2, 0.25) is 0 Å². The molecule has 1 heterocycles. The number of hydrogen-bond donors (Lipinski definition) is 1. The minimum absolute atomic E-state index is 0.452. The molecule has 0 radical (unpaired) electrons. The van der Waals surface area contributed by atoms with E-state index in [0.717, 1.165) is 12.5 Å². The smallest absolute Gasteiger partial charge is 0.0731 e. The summed E-state index contributed by atoms with van der Waals surface area (Å²) in [5.74, 6) is 0.757. The molecule has 1 aliphatic rings. The maximum Gasteiger partial charge on any atom is 0.0731 e. The number of aryl methyl sites for hydroxylation is 1. The summed E-state index contributed by atoms with van der Waals surface area (Å²) >= 11 is 5.62. The lowest BCUT2D eigenvalue weighted by Gasteiger charge is -2.43. The topological polar surface area (TPSA) is 12.0 Å². The van der Waals surface area contributed by atoms with Crippen LogP contribution in [0.3, 0.4) is 0 Å². The second-order valence-corrected chi connectivity index (χ2v) is 9.28. The normalized spacial score (nSPS) is 23.8. The molecule has 2 atom stereocenters. The fraction of sp³-hybridized carbons (Fsp3) is 0.765. The molecule has 1 saturated carbocycles. The van der Waals surface area contributed by atoms with E-state index in [1.807, 2.05) is 11.3 Å². The first-order valence-corrected chi connectivity index (χ1v) is 9.56. The van der Waals surface area contributed by atoms with Gasteiger partial charge in [0.05, 0.1) is 3.79 Å². The summed E-state index contributed by atoms with van der Waals surface area (Å²) in [6.07, 6.45) is 6.73. The van der Waals surface area contributed by atoms with Gasteiger partial charge in [0.1, 0.15) is 0 Å². The van der Waals surface area contributed by atoms with Gasteiger partial charge in [-0.3, -0.25) is 0 Å². The predicted octanol–water partition coefficient (Wildman–Crippen LogP) is 6.08. The van der Waals surface area contributed by atoms with E-state index in [9.17, 15) is 0 Å². The van der Waals surface area contributed by atoms with Gasteiger partial charge in [-0.15, -0.1) is 11.3 Å². The van der Waals surface area contributed by atoms with Crippen molar-refractivity contribution < 1.29 is 0 Å². The van der Waals surface area contributed by atoms with Gasteiger partial charge in [0.2, 0.25) is 0 Å². The molecule has 0 amide bonds. The highest BCUT2D eigenvalue weighted by Crippen LogP contribution is 2.48. The third-order valence-electron chi connectivity index (χ3n) is 4.79. The minimum Gasteiger partial charge on any atom is -0.309 e. The SMILES string of the molecule is CCCNC(c1cc(C)c(Br)s1)C1CCCCC1(C)C. The standard InChI is InChI=1S/C17H28BrNS/c1-5-10-19-15(14-11-12(2)16(18)20-14)13-8-6-7-9-17(13,3)4/h11,13,15,19H,5-10H2,1-4H3. The molecule has 20 heavy (non-hydrogen) atoms. The van der Waals surface area contributed by atoms with Gasteiger partial charge >= 0.3 is 0 Å². The summed E-state index contributed by atoms with van der Waals surface area (Å²) in [7, 11) is 0. The Balaban J connectivity index is 2.26. The Hall–Kier alpha value is 0.140. The molecule has 2 rings (SSSR count). The molecular weight excluding hydrogens is 330 g/mol. The number of nitrogens with one attached hydrogen (secondary N) is 1. The van der Waals surface area contributed by atoms with Crippen molar-refractivity contribution in [2.75, 3.05) is 6.54 Å². The van der Waals surface area contributed by atoms with Gasteiger partial charge in [-0.1, -0.05) is 33.6 Å². The summed E-state index contributed by atoms with van der Waals surface area (Å²) in [5.41, 5.74) is 1.83. The molecule has 1 aromatic heterocycles. The average molecular weight is 358 g/mol. The van der Waals surface area contributed by atoms with E-state index >= 15 is 0 Å². The molecule has 1 N–H and O–H groups in total. The fourth-order valence-corrected chi connectivity index (χ4v) is 5.23. The van der Waals surface area contributed by atoms with Crippen molar-refractivity contribution in [3.63, 3.8) is 0 Å². The van der Waals surface area contributed by atoms with Crippen molar-refractivity contribution in [2.45, 2.75) is 65.8 Å². The summed E-state index contributed by atoms with van der Waals surface area (Å²) in [5, 5.41) is 3.84. The van der Waals surface area contributed by atoms with Crippen LogP contribution in [0.4, 0.5) is 0 Å². The summed E-state index contributed by atoms with van der Waals surface area (Å²) in [6.45, 7) is 10.5. The van der Waals surface area contributed by atoms with E-state index in [1.54, 1.807) is 0 Å². The highest BCUT2D eigenvalue weighted by atomic mass is 79.9. The Morgan fingerprint density at radius 1 is 1.45 bits per heavy atom. The van der Waals surface area contributed by atoms with Crippen molar-refractivity contribution in [1.29, 1.82) is 0 Å². The van der Waals surface area contributed by atoms with Crippen molar-refractivity contribution in [1.82, 2.24) is 5.32 Å². The molecule has 0 spiro atoms. The molecule has 0 saturated heterocycles. The Morgan fingerprint density at radius 2 is 2.20 bits per heavy atom. The van der Waals surface area contributed by atoms with Crippen LogP contribution in [0, 0.1) is 18.3 Å². The van der Waals surface area contributed by atoms with Crippen LogP contribution >= 0.6 is 27.3 Å². The third-order valence-corrected chi connectivity index (χ3v) is 7.01. The van der Waals surface area contributed by atoms with E-state index in [-0.39, 0.29) is 0 Å². The second kappa shape index (κ2) is 6.93. The first-order valence-electron chi connectivity index (χ1n) is 7.95. The monoisotopic (exact) mass is 357 g/mol. The van der Waals surface area contributed by atoms with E-state index in [1.165, 1.54) is 46.3 Å². The van der Waals surface area contributed by atoms with Gasteiger partial charge in [-0.25, -0.2) is 0 Å². The Labute approximate surface area is 136 Å². The van der Waals surface area contributed by atoms with Crippen LogP contribution in [-0.4, -0.2) is 6.54 Å². The van der Waals surface area contributed by atoms with Crippen molar-refractivity contribution in [3.8, 4) is 0 Å². The van der Waals surface area contributed by atoms with E-state index in [4.69, 9.17) is 0 Å². The zero-order valence-corrected chi connectivity index (χ0v) is 15.7. The largest absolute Gasteiger partial charge is 0.309 e. The molecule has 1 nitrogen and oxygen atoms in total. The van der Waals surface area contributed by atoms with Crippen LogP contribution in [0.1, 0.15) is 69.4 Å². The van der Waals surface area contributed by atoms with Crippen molar-refractivity contribution >= 4 is 27.3 Å². The molecule has 3 heteroatoms. The highest BCUT2D eigenvalue weighted by Gasteiger charge is 2.38. The number of thiophene rings is 1. The first kappa shape index (κ1) is 16.5. The first-order chi connectivity index (χ1) is 9.45. The van der Waals surface area contributed by atoms with Gasteiger partial charge < -0.3 is 5.32 Å². The molecule has 0 aliphatic heterocycles. The zero-order valence-electron chi connectivity index (χ0n) is 13.3. The van der Waals surface area contributed by atoms with Crippen LogP contribution in [-0.2, 0) is 0 Å². The summed E-state index contributed by atoms with van der Waals surface area (Å²) in [4.78, 5) is 1.52. The maximum absolute atomic E-state index is 3.84. The lowest BCUT2D eigenvalue weighted by molar-refractivity contribution is 0.0994. The zero-order chi connectivity index (χ0) is 14.8. The van der Waals surface area contributed by atoms with E-state index < -0.39 is 0 Å². The highest BCUT2D eigenvalue weighted by molar-refractivity contribution is 9.11. The predicted molar refractivity (Wildman–Crippen MR) is 93.5 cm³/mol. The molecule has 2 unspecified atom stereocenters. The van der Waals surface area contributed by atoms with Gasteiger partial charge in [0.25, 0.3) is 0 Å². The quantitative estimate of drug-likeness (QED) is 0.673. The van der Waals surface area contributed by atoms with E-state index in [2.05, 4.69) is 55.0 Å². The fourth-order valence-electron chi connectivity index (χ4n) is 3.52. The average Bonchev–Trinajstić information content (AvgIpc) is 2.71. The van der Waals surface area contributed by atoms with Gasteiger partial charge in [-0.2, -0.15) is 0 Å². The molecule has 1 aromatic rings. The van der Waals surface area contributed by atoms with Gasteiger partial charge in [-0.05, 0) is 71.6 Å². The Kier molecular flexibility index (Phi) is 5.72. The third kappa shape index (κ3) is 3.66. The maximum atomic E-state index is 3.84. The Bertz CT molecular complexity index is 419. The molecule has 0 bridgehead atoms. The second-order valence-electron chi connectivity index (χ2n) is 6.88. The Morgan fingerprint density at radius 3 is 2.75 bits per heavy atom. The lowest BCUT2D eigenvalue weighted by Crippen LogP contribution is -2.39.